The molecule has 1 amide bonds. The molecule has 156 valence electrons. The predicted octanol–water partition coefficient (Wildman–Crippen LogP) is 3.06. The van der Waals surface area contributed by atoms with E-state index in [9.17, 15) is 18.0 Å². The van der Waals surface area contributed by atoms with Crippen molar-refractivity contribution in [1.29, 1.82) is 0 Å². The Labute approximate surface area is 177 Å². The van der Waals surface area contributed by atoms with Crippen LogP contribution < -0.4 is 14.8 Å². The number of carbonyl (C=O) groups is 2. The highest BCUT2D eigenvalue weighted by atomic mass is 79.9. The topological polar surface area (TPSA) is 108 Å². The Balaban J connectivity index is 2.09. The number of benzene rings is 2. The van der Waals surface area contributed by atoms with Gasteiger partial charge in [-0.2, -0.15) is 0 Å². The number of hydrogen-bond acceptors (Lipinski definition) is 7. The molecule has 0 bridgehead atoms. The number of methoxy groups -OCH3 is 1. The van der Waals surface area contributed by atoms with E-state index in [4.69, 9.17) is 14.2 Å². The van der Waals surface area contributed by atoms with Crippen molar-refractivity contribution in [1.82, 2.24) is 0 Å². The summed E-state index contributed by atoms with van der Waals surface area (Å²) in [5, 5.41) is 2.44. The lowest BCUT2D eigenvalue weighted by Crippen LogP contribution is -2.22. The molecule has 2 aromatic carbocycles. The number of esters is 1. The Morgan fingerprint density at radius 3 is 2.48 bits per heavy atom. The van der Waals surface area contributed by atoms with Crippen LogP contribution in [0.1, 0.15) is 17.3 Å². The van der Waals surface area contributed by atoms with Gasteiger partial charge in [0.1, 0.15) is 0 Å². The number of halogens is 1. The van der Waals surface area contributed by atoms with E-state index in [1.54, 1.807) is 19.1 Å². The molecule has 0 aliphatic carbocycles. The quantitative estimate of drug-likeness (QED) is 0.572. The van der Waals surface area contributed by atoms with E-state index in [-0.39, 0.29) is 16.1 Å². The van der Waals surface area contributed by atoms with Crippen molar-refractivity contribution >= 4 is 43.3 Å². The lowest BCUT2D eigenvalue weighted by Gasteiger charge is -2.13. The average molecular weight is 486 g/mol. The first kappa shape index (κ1) is 22.7. The summed E-state index contributed by atoms with van der Waals surface area (Å²) >= 11 is 3.30. The fourth-order valence-electron chi connectivity index (χ4n) is 2.44. The van der Waals surface area contributed by atoms with Crippen LogP contribution in [0.25, 0.3) is 0 Å². The maximum absolute atomic E-state index is 12.3. The second-order valence-corrected chi connectivity index (χ2v) is 8.65. The number of rotatable bonds is 8. The molecule has 0 atom stereocenters. The monoisotopic (exact) mass is 485 g/mol. The first-order valence-corrected chi connectivity index (χ1v) is 11.1. The average Bonchev–Trinajstić information content (AvgIpc) is 2.65. The van der Waals surface area contributed by atoms with E-state index in [1.165, 1.54) is 31.4 Å². The number of nitrogens with one attached hydrogen (secondary N) is 1. The molecular weight excluding hydrogens is 466 g/mol. The van der Waals surface area contributed by atoms with Crippen molar-refractivity contribution < 1.29 is 32.2 Å². The Morgan fingerprint density at radius 2 is 1.86 bits per heavy atom. The Morgan fingerprint density at radius 1 is 1.17 bits per heavy atom. The highest BCUT2D eigenvalue weighted by molar-refractivity contribution is 9.10. The van der Waals surface area contributed by atoms with Crippen molar-refractivity contribution in [2.24, 2.45) is 0 Å². The van der Waals surface area contributed by atoms with Crippen LogP contribution in [0.3, 0.4) is 0 Å². The van der Waals surface area contributed by atoms with Crippen LogP contribution in [0, 0.1) is 0 Å². The molecular formula is C19H20BrNO7S. The molecule has 0 heterocycles. The fraction of sp³-hybridized carbons (Fsp3) is 0.263. The van der Waals surface area contributed by atoms with Crippen molar-refractivity contribution in [2.45, 2.75) is 11.8 Å². The van der Waals surface area contributed by atoms with E-state index in [1.807, 2.05) is 0 Å². The van der Waals surface area contributed by atoms with Crippen LogP contribution in [0.2, 0.25) is 0 Å². The van der Waals surface area contributed by atoms with Crippen molar-refractivity contribution in [3.63, 3.8) is 0 Å². The zero-order valence-electron chi connectivity index (χ0n) is 16.0. The molecule has 2 rings (SSSR count). The van der Waals surface area contributed by atoms with Crippen LogP contribution in [0.5, 0.6) is 11.5 Å². The Kier molecular flexibility index (Phi) is 7.63. The van der Waals surface area contributed by atoms with Gasteiger partial charge in [-0.15, -0.1) is 0 Å². The van der Waals surface area contributed by atoms with Gasteiger partial charge in [0.05, 0.1) is 34.3 Å². The summed E-state index contributed by atoms with van der Waals surface area (Å²) in [5.41, 5.74) is 0.271. The molecule has 1 N–H and O–H groups in total. The van der Waals surface area contributed by atoms with E-state index in [0.717, 1.165) is 6.26 Å². The summed E-state index contributed by atoms with van der Waals surface area (Å²) in [6.07, 6.45) is 1.04. The molecule has 0 saturated heterocycles. The van der Waals surface area contributed by atoms with Gasteiger partial charge in [0, 0.05) is 6.26 Å². The van der Waals surface area contributed by atoms with E-state index in [0.29, 0.717) is 22.6 Å². The number of hydrogen-bond donors (Lipinski definition) is 1. The number of amides is 1. The summed E-state index contributed by atoms with van der Waals surface area (Å²) in [4.78, 5) is 24.4. The van der Waals surface area contributed by atoms with Gasteiger partial charge in [-0.3, -0.25) is 4.79 Å². The van der Waals surface area contributed by atoms with E-state index in [2.05, 4.69) is 21.2 Å². The Hall–Kier alpha value is -2.59. The van der Waals surface area contributed by atoms with Gasteiger partial charge in [0.25, 0.3) is 5.91 Å². The minimum Gasteiger partial charge on any atom is -0.492 e. The standard InChI is InChI=1S/C19H20BrNO7S/c1-4-27-15-10-12(9-13(20)18(15)26-2)19(23)28-11-17(22)21-14-7-5-6-8-16(14)29(3,24)25/h5-10H,4,11H2,1-3H3,(H,21,22). The lowest BCUT2D eigenvalue weighted by atomic mass is 10.2. The molecule has 0 aromatic heterocycles. The SMILES string of the molecule is CCOc1cc(C(=O)OCC(=O)Nc2ccccc2S(C)(=O)=O)cc(Br)c1OC. The number of sulfone groups is 1. The molecule has 0 saturated carbocycles. The van der Waals surface area contributed by atoms with Gasteiger partial charge in [-0.1, -0.05) is 12.1 Å². The third-order valence-electron chi connectivity index (χ3n) is 3.64. The van der Waals surface area contributed by atoms with Gasteiger partial charge in [-0.05, 0) is 47.1 Å². The van der Waals surface area contributed by atoms with Crippen molar-refractivity contribution in [3.8, 4) is 11.5 Å². The second-order valence-electron chi connectivity index (χ2n) is 5.82. The Bertz CT molecular complexity index is 1020. The number of anilines is 1. The zero-order chi connectivity index (χ0) is 21.6. The van der Waals surface area contributed by atoms with Crippen LogP contribution in [-0.4, -0.2) is 46.9 Å². The molecule has 29 heavy (non-hydrogen) atoms. The minimum absolute atomic E-state index is 0.0277. The highest BCUT2D eigenvalue weighted by Gasteiger charge is 2.18. The number of carbonyl (C=O) groups excluding carboxylic acids is 2. The number of ether oxygens (including phenoxy) is 3. The smallest absolute Gasteiger partial charge is 0.338 e. The van der Waals surface area contributed by atoms with Crippen molar-refractivity contribution in [2.75, 3.05) is 31.9 Å². The van der Waals surface area contributed by atoms with E-state index < -0.39 is 28.3 Å². The fourth-order valence-corrected chi connectivity index (χ4v) is 3.89. The first-order valence-electron chi connectivity index (χ1n) is 8.43. The number of para-hydroxylation sites is 1. The molecule has 0 unspecified atom stereocenters. The predicted molar refractivity (Wildman–Crippen MR) is 110 cm³/mol. The summed E-state index contributed by atoms with van der Waals surface area (Å²) in [6.45, 7) is 1.56. The highest BCUT2D eigenvalue weighted by Crippen LogP contribution is 2.36. The van der Waals surface area contributed by atoms with Crippen LogP contribution in [-0.2, 0) is 19.4 Å². The third-order valence-corrected chi connectivity index (χ3v) is 5.39. The van der Waals surface area contributed by atoms with Gasteiger partial charge >= 0.3 is 5.97 Å². The van der Waals surface area contributed by atoms with Crippen LogP contribution in [0.15, 0.2) is 45.8 Å². The molecule has 2 aromatic rings. The van der Waals surface area contributed by atoms with Crippen LogP contribution >= 0.6 is 15.9 Å². The molecule has 0 aliphatic rings. The summed E-state index contributed by atoms with van der Waals surface area (Å²) in [7, 11) is -2.06. The van der Waals surface area contributed by atoms with Gasteiger partial charge in [-0.25, -0.2) is 13.2 Å². The maximum Gasteiger partial charge on any atom is 0.338 e. The summed E-state index contributed by atoms with van der Waals surface area (Å²) < 4.78 is 39.8. The first-order chi connectivity index (χ1) is 13.7. The van der Waals surface area contributed by atoms with Gasteiger partial charge < -0.3 is 19.5 Å². The normalized spacial score (nSPS) is 10.9. The lowest BCUT2D eigenvalue weighted by molar-refractivity contribution is -0.119. The van der Waals surface area contributed by atoms with Crippen molar-refractivity contribution in [3.05, 3.63) is 46.4 Å². The molecule has 0 spiro atoms. The largest absolute Gasteiger partial charge is 0.492 e. The zero-order valence-corrected chi connectivity index (χ0v) is 18.4. The summed E-state index contributed by atoms with van der Waals surface area (Å²) in [6, 6.07) is 8.89. The minimum atomic E-state index is -3.53. The third kappa shape index (κ3) is 5.94. The molecule has 0 radical (unpaired) electrons. The summed E-state index contributed by atoms with van der Waals surface area (Å²) in [5.74, 6) is -0.644. The molecule has 8 nitrogen and oxygen atoms in total. The van der Waals surface area contributed by atoms with Gasteiger partial charge in [0.2, 0.25) is 0 Å². The molecule has 0 aliphatic heterocycles. The second kappa shape index (κ2) is 9.75. The molecule has 10 heteroatoms. The van der Waals surface area contributed by atoms with E-state index >= 15 is 0 Å². The maximum atomic E-state index is 12.3. The molecule has 0 fully saturated rings. The van der Waals surface area contributed by atoms with Gasteiger partial charge in [0.15, 0.2) is 27.9 Å². The van der Waals surface area contributed by atoms with Crippen LogP contribution in [0.4, 0.5) is 5.69 Å².